The Bertz CT molecular complexity index is 597. The van der Waals surface area contributed by atoms with Crippen molar-refractivity contribution < 1.29 is 23.7 Å². The highest BCUT2D eigenvalue weighted by molar-refractivity contribution is 5.55. The van der Waals surface area contributed by atoms with Crippen LogP contribution in [0.5, 0.6) is 0 Å². The Balaban J connectivity index is 1.80. The molecule has 2 saturated heterocycles. The van der Waals surface area contributed by atoms with Gasteiger partial charge in [-0.1, -0.05) is 30.3 Å². The predicted molar refractivity (Wildman–Crippen MR) is 91.8 cm³/mol. The van der Waals surface area contributed by atoms with Gasteiger partial charge in [-0.05, 0) is 19.4 Å². The van der Waals surface area contributed by atoms with Crippen molar-refractivity contribution in [1.29, 1.82) is 0 Å². The molecule has 0 bridgehead atoms. The standard InChI is InChI=1S/C19H27NO5/c1-18(22-3)19(2,23-4)25-17-15(13-21)11-20(12-16(17)24-18)10-14-8-6-5-7-9-14/h5-9,13,15-17H,10-12H2,1-4H3/t15-,16+,17+,18-,19-/m0/s1. The summed E-state index contributed by atoms with van der Waals surface area (Å²) in [5.41, 5.74) is 1.21. The van der Waals surface area contributed by atoms with Crippen molar-refractivity contribution in [1.82, 2.24) is 4.90 Å². The lowest BCUT2D eigenvalue weighted by Crippen LogP contribution is -2.70. The van der Waals surface area contributed by atoms with Crippen molar-refractivity contribution in [3.63, 3.8) is 0 Å². The summed E-state index contributed by atoms with van der Waals surface area (Å²) in [5, 5.41) is 0. The molecule has 3 rings (SSSR count). The van der Waals surface area contributed by atoms with E-state index in [0.717, 1.165) is 12.8 Å². The molecule has 2 fully saturated rings. The zero-order valence-corrected chi connectivity index (χ0v) is 15.3. The minimum Gasteiger partial charge on any atom is -0.349 e. The molecule has 2 aliphatic rings. The molecule has 0 spiro atoms. The first kappa shape index (κ1) is 18.5. The number of rotatable bonds is 5. The van der Waals surface area contributed by atoms with Crippen LogP contribution in [-0.2, 0) is 30.3 Å². The highest BCUT2D eigenvalue weighted by Crippen LogP contribution is 2.42. The average molecular weight is 349 g/mol. The average Bonchev–Trinajstić information content (AvgIpc) is 2.63. The zero-order valence-electron chi connectivity index (χ0n) is 15.3. The third-order valence-electron chi connectivity index (χ3n) is 5.46. The van der Waals surface area contributed by atoms with Crippen molar-refractivity contribution in [3.8, 4) is 0 Å². The monoisotopic (exact) mass is 349 g/mol. The number of piperidine rings is 1. The van der Waals surface area contributed by atoms with Crippen molar-refractivity contribution in [2.75, 3.05) is 27.3 Å². The number of hydrogen-bond acceptors (Lipinski definition) is 6. The maximum absolute atomic E-state index is 11.7. The Morgan fingerprint density at radius 3 is 2.36 bits per heavy atom. The molecule has 138 valence electrons. The minimum atomic E-state index is -1.08. The maximum atomic E-state index is 11.7. The Hall–Kier alpha value is -1.31. The van der Waals surface area contributed by atoms with E-state index in [9.17, 15) is 4.79 Å². The first-order valence-corrected chi connectivity index (χ1v) is 8.62. The Kier molecular flexibility index (Phi) is 5.27. The lowest BCUT2D eigenvalue weighted by molar-refractivity contribution is -0.455. The van der Waals surface area contributed by atoms with Crippen molar-refractivity contribution >= 4 is 6.29 Å². The van der Waals surface area contributed by atoms with E-state index in [-0.39, 0.29) is 18.1 Å². The number of nitrogens with zero attached hydrogens (tertiary/aromatic N) is 1. The first-order valence-electron chi connectivity index (χ1n) is 8.62. The van der Waals surface area contributed by atoms with Crippen molar-refractivity contribution in [2.45, 2.75) is 44.2 Å². The summed E-state index contributed by atoms with van der Waals surface area (Å²) >= 11 is 0. The highest BCUT2D eigenvalue weighted by Gasteiger charge is 2.59. The number of ether oxygens (including phenoxy) is 4. The summed E-state index contributed by atoms with van der Waals surface area (Å²) in [6.07, 6.45) is 0.350. The molecule has 1 aromatic rings. The summed E-state index contributed by atoms with van der Waals surface area (Å²) in [4.78, 5) is 13.9. The molecule has 2 aliphatic heterocycles. The smallest absolute Gasteiger partial charge is 0.220 e. The molecule has 0 amide bonds. The molecular weight excluding hydrogens is 322 g/mol. The van der Waals surface area contributed by atoms with Gasteiger partial charge in [0.25, 0.3) is 0 Å². The molecule has 1 aromatic carbocycles. The molecule has 6 nitrogen and oxygen atoms in total. The summed E-state index contributed by atoms with van der Waals surface area (Å²) < 4.78 is 23.6. The largest absolute Gasteiger partial charge is 0.349 e. The summed E-state index contributed by atoms with van der Waals surface area (Å²) in [7, 11) is 3.13. The second-order valence-electron chi connectivity index (χ2n) is 7.02. The second-order valence-corrected chi connectivity index (χ2v) is 7.02. The fraction of sp³-hybridized carbons (Fsp3) is 0.632. The summed E-state index contributed by atoms with van der Waals surface area (Å²) in [6, 6.07) is 10.2. The van der Waals surface area contributed by atoms with Crippen LogP contribution in [0.2, 0.25) is 0 Å². The minimum absolute atomic E-state index is 0.263. The second kappa shape index (κ2) is 7.13. The van der Waals surface area contributed by atoms with E-state index in [0.29, 0.717) is 13.1 Å². The van der Waals surface area contributed by atoms with Crippen molar-refractivity contribution in [3.05, 3.63) is 35.9 Å². The van der Waals surface area contributed by atoms with Gasteiger partial charge in [-0.25, -0.2) is 0 Å². The SMILES string of the molecule is CO[C@@]1(C)O[C@@H]2[C@H](C=O)CN(Cc3ccccc3)C[C@H]2O[C@]1(C)OC. The Labute approximate surface area is 149 Å². The predicted octanol–water partition coefficient (Wildman–Crippen LogP) is 1.83. The molecule has 0 aromatic heterocycles. The van der Waals surface area contributed by atoms with E-state index in [1.807, 2.05) is 18.2 Å². The van der Waals surface area contributed by atoms with Gasteiger partial charge in [0.05, 0.1) is 12.0 Å². The number of carbonyl (C=O) groups excluding carboxylic acids is 1. The van der Waals surface area contributed by atoms with Gasteiger partial charge in [-0.2, -0.15) is 0 Å². The number of fused-ring (bicyclic) bond motifs is 1. The van der Waals surface area contributed by atoms with E-state index in [4.69, 9.17) is 18.9 Å². The van der Waals surface area contributed by atoms with E-state index in [1.54, 1.807) is 28.1 Å². The van der Waals surface area contributed by atoms with Gasteiger partial charge in [-0.3, -0.25) is 4.90 Å². The third kappa shape index (κ3) is 3.37. The first-order chi connectivity index (χ1) is 11.9. The summed E-state index contributed by atoms with van der Waals surface area (Å²) in [5.74, 6) is -2.41. The fourth-order valence-corrected chi connectivity index (χ4v) is 3.70. The Morgan fingerprint density at radius 2 is 1.76 bits per heavy atom. The van der Waals surface area contributed by atoms with Crippen LogP contribution in [0.25, 0.3) is 0 Å². The zero-order chi connectivity index (χ0) is 18.1. The number of likely N-dealkylation sites (tertiary alicyclic amines) is 1. The topological polar surface area (TPSA) is 57.2 Å². The number of benzene rings is 1. The van der Waals surface area contributed by atoms with Crippen LogP contribution in [0.15, 0.2) is 30.3 Å². The fourth-order valence-electron chi connectivity index (χ4n) is 3.70. The van der Waals surface area contributed by atoms with Gasteiger partial charge < -0.3 is 23.7 Å². The molecule has 5 atom stereocenters. The van der Waals surface area contributed by atoms with Gasteiger partial charge in [-0.15, -0.1) is 0 Å². The number of aldehydes is 1. The van der Waals surface area contributed by atoms with Crippen LogP contribution in [0, 0.1) is 5.92 Å². The molecule has 0 aliphatic carbocycles. The van der Waals surface area contributed by atoms with E-state index >= 15 is 0 Å². The van der Waals surface area contributed by atoms with Gasteiger partial charge in [0, 0.05) is 33.9 Å². The summed E-state index contributed by atoms with van der Waals surface area (Å²) in [6.45, 7) is 5.65. The highest BCUT2D eigenvalue weighted by atomic mass is 16.8. The molecular formula is C19H27NO5. The van der Waals surface area contributed by atoms with Gasteiger partial charge >= 0.3 is 0 Å². The molecule has 0 saturated carbocycles. The van der Waals surface area contributed by atoms with Crippen molar-refractivity contribution in [2.24, 2.45) is 5.92 Å². The molecule has 2 heterocycles. The lowest BCUT2D eigenvalue weighted by atomic mass is 9.90. The quantitative estimate of drug-likeness (QED) is 0.756. The van der Waals surface area contributed by atoms with Gasteiger partial charge in [0.1, 0.15) is 12.4 Å². The van der Waals surface area contributed by atoms with E-state index in [1.165, 1.54) is 5.56 Å². The van der Waals surface area contributed by atoms with E-state index in [2.05, 4.69) is 17.0 Å². The van der Waals surface area contributed by atoms with Crippen LogP contribution in [0.4, 0.5) is 0 Å². The van der Waals surface area contributed by atoms with Gasteiger partial charge in [0.15, 0.2) is 0 Å². The van der Waals surface area contributed by atoms with Crippen LogP contribution < -0.4 is 0 Å². The number of methoxy groups -OCH3 is 2. The molecule has 6 heteroatoms. The molecule has 0 radical (unpaired) electrons. The number of carbonyl (C=O) groups is 1. The Morgan fingerprint density at radius 1 is 1.12 bits per heavy atom. The lowest BCUT2D eigenvalue weighted by Gasteiger charge is -2.55. The third-order valence-corrected chi connectivity index (χ3v) is 5.46. The van der Waals surface area contributed by atoms with Crippen LogP contribution >= 0.6 is 0 Å². The molecule has 0 unspecified atom stereocenters. The van der Waals surface area contributed by atoms with Crippen LogP contribution in [0.3, 0.4) is 0 Å². The van der Waals surface area contributed by atoms with Crippen LogP contribution in [0.1, 0.15) is 19.4 Å². The molecule has 0 N–H and O–H groups in total. The van der Waals surface area contributed by atoms with E-state index < -0.39 is 11.6 Å². The maximum Gasteiger partial charge on any atom is 0.220 e. The number of hydrogen-bond donors (Lipinski definition) is 0. The normalized spacial score (nSPS) is 39.0. The van der Waals surface area contributed by atoms with Crippen LogP contribution in [-0.4, -0.2) is 62.3 Å². The molecule has 25 heavy (non-hydrogen) atoms. The van der Waals surface area contributed by atoms with Gasteiger partial charge in [0.2, 0.25) is 11.6 Å².